The molecule has 0 aliphatic carbocycles. The van der Waals surface area contributed by atoms with Crippen LogP contribution in [0.15, 0.2) is 22.8 Å². The number of nitrogens with one attached hydrogen (secondary N) is 2. The molecule has 1 amide bonds. The van der Waals surface area contributed by atoms with Crippen molar-refractivity contribution in [2.45, 2.75) is 19.8 Å². The Morgan fingerprint density at radius 1 is 1.56 bits per heavy atom. The molecule has 0 spiro atoms. The molecular formula is C11H12BrN5O. The number of halogens is 1. The van der Waals surface area contributed by atoms with E-state index < -0.39 is 0 Å². The second-order valence-corrected chi connectivity index (χ2v) is 4.50. The maximum atomic E-state index is 11.9. The van der Waals surface area contributed by atoms with E-state index in [1.807, 2.05) is 6.92 Å². The van der Waals surface area contributed by atoms with Gasteiger partial charge >= 0.3 is 0 Å². The molecule has 0 fully saturated rings. The van der Waals surface area contributed by atoms with E-state index in [0.717, 1.165) is 12.8 Å². The van der Waals surface area contributed by atoms with E-state index in [2.05, 4.69) is 41.4 Å². The Bertz CT molecular complexity index is 554. The lowest BCUT2D eigenvalue weighted by Crippen LogP contribution is -2.15. The maximum Gasteiger partial charge on any atom is 0.296 e. The number of rotatable bonds is 4. The van der Waals surface area contributed by atoms with Crippen molar-refractivity contribution in [1.82, 2.24) is 20.2 Å². The summed E-state index contributed by atoms with van der Waals surface area (Å²) in [7, 11) is 0. The van der Waals surface area contributed by atoms with Crippen LogP contribution in [-0.2, 0) is 6.42 Å². The van der Waals surface area contributed by atoms with Gasteiger partial charge in [0.15, 0.2) is 0 Å². The van der Waals surface area contributed by atoms with Crippen LogP contribution in [0, 0.1) is 0 Å². The Morgan fingerprint density at radius 2 is 2.39 bits per heavy atom. The Balaban J connectivity index is 2.10. The fourth-order valence-corrected chi connectivity index (χ4v) is 1.74. The molecule has 0 saturated carbocycles. The van der Waals surface area contributed by atoms with E-state index in [1.165, 1.54) is 0 Å². The summed E-state index contributed by atoms with van der Waals surface area (Å²) in [5, 5.41) is 9.24. The van der Waals surface area contributed by atoms with Crippen LogP contribution in [-0.4, -0.2) is 26.1 Å². The van der Waals surface area contributed by atoms with Gasteiger partial charge in [0.05, 0.1) is 4.47 Å². The van der Waals surface area contributed by atoms with Crippen molar-refractivity contribution in [2.24, 2.45) is 0 Å². The van der Waals surface area contributed by atoms with E-state index in [4.69, 9.17) is 0 Å². The number of nitrogens with zero attached hydrogens (tertiary/aromatic N) is 3. The van der Waals surface area contributed by atoms with Gasteiger partial charge in [-0.05, 0) is 34.5 Å². The minimum atomic E-state index is -0.381. The number of carbonyl (C=O) groups excluding carboxylic acids is 1. The predicted molar refractivity (Wildman–Crippen MR) is 70.3 cm³/mol. The standard InChI is InChI=1S/C11H12BrN5O/c1-2-4-8-14-10(17-16-8)11(18)15-9-7(12)5-3-6-13-9/h3,5-6H,2,4H2,1H3,(H,13,15,18)(H,14,16,17). The quantitative estimate of drug-likeness (QED) is 0.906. The van der Waals surface area contributed by atoms with E-state index in [9.17, 15) is 4.79 Å². The summed E-state index contributed by atoms with van der Waals surface area (Å²) >= 11 is 3.30. The number of anilines is 1. The van der Waals surface area contributed by atoms with Crippen LogP contribution in [0.4, 0.5) is 5.82 Å². The SMILES string of the molecule is CCCc1nc(C(=O)Nc2ncccc2Br)n[nH]1. The molecule has 0 bridgehead atoms. The highest BCUT2D eigenvalue weighted by Crippen LogP contribution is 2.18. The van der Waals surface area contributed by atoms with E-state index in [0.29, 0.717) is 16.1 Å². The van der Waals surface area contributed by atoms with Gasteiger partial charge in [0.2, 0.25) is 5.82 Å². The number of hydrogen-bond acceptors (Lipinski definition) is 4. The summed E-state index contributed by atoms with van der Waals surface area (Å²) in [5.41, 5.74) is 0. The molecule has 0 unspecified atom stereocenters. The van der Waals surface area contributed by atoms with Crippen molar-refractivity contribution in [1.29, 1.82) is 0 Å². The van der Waals surface area contributed by atoms with Gasteiger partial charge in [0.1, 0.15) is 11.6 Å². The second-order valence-electron chi connectivity index (χ2n) is 3.64. The fourth-order valence-electron chi connectivity index (χ4n) is 1.39. The normalized spacial score (nSPS) is 10.3. The minimum Gasteiger partial charge on any atom is -0.303 e. The third-order valence-electron chi connectivity index (χ3n) is 2.21. The van der Waals surface area contributed by atoms with Gasteiger partial charge in [-0.3, -0.25) is 9.89 Å². The number of carbonyl (C=O) groups is 1. The number of aromatic amines is 1. The molecule has 0 saturated heterocycles. The molecule has 18 heavy (non-hydrogen) atoms. The second kappa shape index (κ2) is 5.72. The summed E-state index contributed by atoms with van der Waals surface area (Å²) in [4.78, 5) is 20.0. The molecule has 2 aromatic rings. The largest absolute Gasteiger partial charge is 0.303 e. The fraction of sp³-hybridized carbons (Fsp3) is 0.273. The maximum absolute atomic E-state index is 11.9. The number of aromatic nitrogens is 4. The molecule has 6 nitrogen and oxygen atoms in total. The monoisotopic (exact) mass is 309 g/mol. The number of aryl methyl sites for hydroxylation is 1. The van der Waals surface area contributed by atoms with Crippen LogP contribution >= 0.6 is 15.9 Å². The van der Waals surface area contributed by atoms with E-state index >= 15 is 0 Å². The first-order valence-corrected chi connectivity index (χ1v) is 6.33. The van der Waals surface area contributed by atoms with E-state index in [-0.39, 0.29) is 11.7 Å². The summed E-state index contributed by atoms with van der Waals surface area (Å²) < 4.78 is 0.711. The lowest BCUT2D eigenvalue weighted by atomic mass is 10.3. The van der Waals surface area contributed by atoms with Gasteiger partial charge in [-0.2, -0.15) is 0 Å². The highest BCUT2D eigenvalue weighted by molar-refractivity contribution is 9.10. The Kier molecular flexibility index (Phi) is 4.03. The molecule has 2 aromatic heterocycles. The Hall–Kier alpha value is -1.76. The molecule has 0 radical (unpaired) electrons. The molecular weight excluding hydrogens is 298 g/mol. The zero-order valence-corrected chi connectivity index (χ0v) is 11.4. The average molecular weight is 310 g/mol. The van der Waals surface area contributed by atoms with Crippen molar-refractivity contribution in [3.05, 3.63) is 34.5 Å². The molecule has 94 valence electrons. The molecule has 0 aromatic carbocycles. The zero-order valence-electron chi connectivity index (χ0n) is 9.77. The molecule has 0 aliphatic rings. The van der Waals surface area contributed by atoms with Crippen LogP contribution in [0.1, 0.15) is 29.8 Å². The van der Waals surface area contributed by atoms with Crippen LogP contribution in [0.25, 0.3) is 0 Å². The third kappa shape index (κ3) is 2.92. The van der Waals surface area contributed by atoms with Gasteiger partial charge in [-0.1, -0.05) is 6.92 Å². The lowest BCUT2D eigenvalue weighted by Gasteiger charge is -2.02. The van der Waals surface area contributed by atoms with Gasteiger partial charge in [0, 0.05) is 12.6 Å². The number of amides is 1. The van der Waals surface area contributed by atoms with Gasteiger partial charge in [0.25, 0.3) is 5.91 Å². The molecule has 2 heterocycles. The highest BCUT2D eigenvalue weighted by atomic mass is 79.9. The zero-order chi connectivity index (χ0) is 13.0. The van der Waals surface area contributed by atoms with Crippen molar-refractivity contribution < 1.29 is 4.79 Å². The van der Waals surface area contributed by atoms with Crippen LogP contribution < -0.4 is 5.32 Å². The number of H-pyrrole nitrogens is 1. The minimum absolute atomic E-state index is 0.121. The first-order valence-electron chi connectivity index (χ1n) is 5.54. The third-order valence-corrected chi connectivity index (χ3v) is 2.85. The number of pyridine rings is 1. The molecule has 7 heteroatoms. The molecule has 0 aliphatic heterocycles. The van der Waals surface area contributed by atoms with E-state index in [1.54, 1.807) is 18.3 Å². The Labute approximate surface area is 112 Å². The molecule has 0 atom stereocenters. The van der Waals surface area contributed by atoms with Crippen molar-refractivity contribution in [3.63, 3.8) is 0 Å². The van der Waals surface area contributed by atoms with Gasteiger partial charge in [-0.15, -0.1) is 5.10 Å². The molecule has 2 rings (SSSR count). The highest BCUT2D eigenvalue weighted by Gasteiger charge is 2.14. The first-order chi connectivity index (χ1) is 8.70. The van der Waals surface area contributed by atoms with Crippen LogP contribution in [0.2, 0.25) is 0 Å². The predicted octanol–water partition coefficient (Wildman–Crippen LogP) is 2.17. The van der Waals surface area contributed by atoms with Crippen LogP contribution in [0.3, 0.4) is 0 Å². The summed E-state index contributed by atoms with van der Waals surface area (Å²) in [5.74, 6) is 0.899. The topological polar surface area (TPSA) is 83.6 Å². The van der Waals surface area contributed by atoms with Gasteiger partial charge < -0.3 is 5.32 Å². The van der Waals surface area contributed by atoms with Crippen LogP contribution in [0.5, 0.6) is 0 Å². The van der Waals surface area contributed by atoms with Crippen molar-refractivity contribution in [3.8, 4) is 0 Å². The Morgan fingerprint density at radius 3 is 3.11 bits per heavy atom. The summed E-state index contributed by atoms with van der Waals surface area (Å²) in [6.45, 7) is 2.03. The first kappa shape index (κ1) is 12.7. The van der Waals surface area contributed by atoms with Crippen molar-refractivity contribution in [2.75, 3.05) is 5.32 Å². The molecule has 2 N–H and O–H groups in total. The summed E-state index contributed by atoms with van der Waals surface area (Å²) in [6, 6.07) is 3.56. The average Bonchev–Trinajstić information content (AvgIpc) is 2.81. The van der Waals surface area contributed by atoms with Crippen molar-refractivity contribution >= 4 is 27.7 Å². The van der Waals surface area contributed by atoms with Gasteiger partial charge in [-0.25, -0.2) is 9.97 Å². The smallest absolute Gasteiger partial charge is 0.296 e. The lowest BCUT2D eigenvalue weighted by molar-refractivity contribution is 0.101. The summed E-state index contributed by atoms with van der Waals surface area (Å²) in [6.07, 6.45) is 3.32. The number of hydrogen-bond donors (Lipinski definition) is 2.